The van der Waals surface area contributed by atoms with Crippen molar-refractivity contribution in [1.82, 2.24) is 15.5 Å². The van der Waals surface area contributed by atoms with Gasteiger partial charge in [-0.15, -0.1) is 0 Å². The fourth-order valence-corrected chi connectivity index (χ4v) is 5.34. The molecule has 1 heterocycles. The molecular formula is C21H37N3OS. The minimum absolute atomic E-state index is 0.372. The molecule has 1 saturated heterocycles. The number of likely N-dealkylation sites (tertiary alicyclic amines) is 1. The first kappa shape index (κ1) is 19.9. The number of amides is 1. The van der Waals surface area contributed by atoms with Gasteiger partial charge in [0.2, 0.25) is 5.91 Å². The first-order valence-electron chi connectivity index (χ1n) is 11.0. The van der Waals surface area contributed by atoms with Gasteiger partial charge in [-0.2, -0.15) is 0 Å². The predicted octanol–water partition coefficient (Wildman–Crippen LogP) is 3.99. The van der Waals surface area contributed by atoms with Crippen molar-refractivity contribution in [2.75, 3.05) is 19.6 Å². The summed E-state index contributed by atoms with van der Waals surface area (Å²) in [6.45, 7) is 2.89. The lowest BCUT2D eigenvalue weighted by Gasteiger charge is -2.41. The fraction of sp³-hybridized carbons (Fsp3) is 0.905. The standard InChI is InChI=1S/C21H37N3OS/c25-20(24-15-13-17-8-4-5-9-18(17)16-24)12-6-7-14-22-21(26)23-19-10-2-1-3-11-19/h17-19H,1-16H2,(H2,22,23,26). The van der Waals surface area contributed by atoms with Crippen LogP contribution in [0, 0.1) is 11.8 Å². The van der Waals surface area contributed by atoms with Gasteiger partial charge in [-0.1, -0.05) is 38.5 Å². The van der Waals surface area contributed by atoms with Crippen molar-refractivity contribution in [3.05, 3.63) is 0 Å². The zero-order valence-corrected chi connectivity index (χ0v) is 17.1. The SMILES string of the molecule is O=C(CCCCNC(=S)NC1CCCCC1)N1CCC2CCCCC2C1. The van der Waals surface area contributed by atoms with Crippen LogP contribution in [0.2, 0.25) is 0 Å². The normalized spacial score (nSPS) is 26.8. The summed E-state index contributed by atoms with van der Waals surface area (Å²) in [6.07, 6.45) is 15.9. The lowest BCUT2D eigenvalue weighted by atomic mass is 9.75. The van der Waals surface area contributed by atoms with Gasteiger partial charge >= 0.3 is 0 Å². The van der Waals surface area contributed by atoms with E-state index in [2.05, 4.69) is 15.5 Å². The molecule has 2 saturated carbocycles. The van der Waals surface area contributed by atoms with Crippen LogP contribution in [-0.4, -0.2) is 41.6 Å². The van der Waals surface area contributed by atoms with E-state index in [-0.39, 0.29) is 0 Å². The Morgan fingerprint density at radius 1 is 0.923 bits per heavy atom. The molecule has 0 aromatic heterocycles. The van der Waals surface area contributed by atoms with Gasteiger partial charge in [0, 0.05) is 32.1 Å². The molecule has 3 aliphatic rings. The van der Waals surface area contributed by atoms with E-state index < -0.39 is 0 Å². The molecule has 0 aromatic rings. The highest BCUT2D eigenvalue weighted by Gasteiger charge is 2.32. The number of carbonyl (C=O) groups is 1. The first-order valence-corrected chi connectivity index (χ1v) is 11.5. The maximum Gasteiger partial charge on any atom is 0.222 e. The van der Waals surface area contributed by atoms with Gasteiger partial charge in [-0.25, -0.2) is 0 Å². The minimum atomic E-state index is 0.372. The summed E-state index contributed by atoms with van der Waals surface area (Å²) >= 11 is 5.40. The Balaban J connectivity index is 1.24. The Labute approximate surface area is 164 Å². The van der Waals surface area contributed by atoms with E-state index in [1.165, 1.54) is 64.2 Å². The number of rotatable bonds is 6. The summed E-state index contributed by atoms with van der Waals surface area (Å²) in [5, 5.41) is 7.55. The molecule has 0 spiro atoms. The molecular weight excluding hydrogens is 342 g/mol. The molecule has 2 N–H and O–H groups in total. The molecule has 26 heavy (non-hydrogen) atoms. The van der Waals surface area contributed by atoms with Crippen molar-refractivity contribution in [3.63, 3.8) is 0 Å². The highest BCUT2D eigenvalue weighted by molar-refractivity contribution is 7.80. The molecule has 1 aliphatic heterocycles. The third kappa shape index (κ3) is 6.11. The average molecular weight is 380 g/mol. The van der Waals surface area contributed by atoms with Gasteiger partial charge in [0.1, 0.15) is 0 Å². The Hall–Kier alpha value is -0.840. The topological polar surface area (TPSA) is 44.4 Å². The van der Waals surface area contributed by atoms with E-state index in [4.69, 9.17) is 12.2 Å². The van der Waals surface area contributed by atoms with Crippen LogP contribution in [0.4, 0.5) is 0 Å². The van der Waals surface area contributed by atoms with Gasteiger partial charge in [-0.3, -0.25) is 4.79 Å². The Kier molecular flexibility index (Phi) is 8.03. The summed E-state index contributed by atoms with van der Waals surface area (Å²) < 4.78 is 0. The lowest BCUT2D eigenvalue weighted by molar-refractivity contribution is -0.134. The molecule has 1 amide bonds. The molecule has 2 aliphatic carbocycles. The van der Waals surface area contributed by atoms with Crippen LogP contribution in [0.5, 0.6) is 0 Å². The average Bonchev–Trinajstić information content (AvgIpc) is 2.68. The van der Waals surface area contributed by atoms with Crippen LogP contribution >= 0.6 is 12.2 Å². The summed E-state index contributed by atoms with van der Waals surface area (Å²) in [5.74, 6) is 2.05. The molecule has 3 rings (SSSR count). The molecule has 3 fully saturated rings. The van der Waals surface area contributed by atoms with E-state index in [0.29, 0.717) is 18.4 Å². The number of nitrogens with one attached hydrogen (secondary N) is 2. The predicted molar refractivity (Wildman–Crippen MR) is 111 cm³/mol. The highest BCUT2D eigenvalue weighted by Crippen LogP contribution is 2.36. The second-order valence-corrected chi connectivity index (χ2v) is 9.03. The largest absolute Gasteiger partial charge is 0.363 e. The van der Waals surface area contributed by atoms with Crippen LogP contribution in [-0.2, 0) is 4.79 Å². The number of thiocarbonyl (C=S) groups is 1. The third-order valence-corrected chi connectivity index (χ3v) is 6.95. The summed E-state index contributed by atoms with van der Waals surface area (Å²) in [6, 6.07) is 0.563. The number of carbonyl (C=O) groups excluding carboxylic acids is 1. The lowest BCUT2D eigenvalue weighted by Crippen LogP contribution is -2.44. The second kappa shape index (κ2) is 10.5. The monoisotopic (exact) mass is 379 g/mol. The van der Waals surface area contributed by atoms with Crippen molar-refractivity contribution in [2.45, 2.75) is 89.5 Å². The zero-order valence-electron chi connectivity index (χ0n) is 16.3. The quantitative estimate of drug-likeness (QED) is 0.541. The van der Waals surface area contributed by atoms with Gasteiger partial charge in [0.05, 0.1) is 0 Å². The van der Waals surface area contributed by atoms with Gasteiger partial charge in [0.15, 0.2) is 5.11 Å². The third-order valence-electron chi connectivity index (χ3n) is 6.69. The Morgan fingerprint density at radius 3 is 2.46 bits per heavy atom. The molecule has 148 valence electrons. The van der Waals surface area contributed by atoms with E-state index in [0.717, 1.165) is 49.4 Å². The number of hydrogen-bond donors (Lipinski definition) is 2. The van der Waals surface area contributed by atoms with Crippen LogP contribution in [0.25, 0.3) is 0 Å². The van der Waals surface area contributed by atoms with Crippen LogP contribution in [0.15, 0.2) is 0 Å². The summed E-state index contributed by atoms with van der Waals surface area (Å²) in [5.41, 5.74) is 0. The van der Waals surface area contributed by atoms with Crippen molar-refractivity contribution < 1.29 is 4.79 Å². The highest BCUT2D eigenvalue weighted by atomic mass is 32.1. The van der Waals surface area contributed by atoms with Crippen molar-refractivity contribution in [1.29, 1.82) is 0 Å². The van der Waals surface area contributed by atoms with Crippen molar-refractivity contribution >= 4 is 23.2 Å². The minimum Gasteiger partial charge on any atom is -0.363 e. The maximum absolute atomic E-state index is 12.5. The first-order chi connectivity index (χ1) is 12.7. The molecule has 0 radical (unpaired) electrons. The Bertz CT molecular complexity index is 464. The number of piperidine rings is 1. The van der Waals surface area contributed by atoms with E-state index >= 15 is 0 Å². The van der Waals surface area contributed by atoms with Gasteiger partial charge in [0.25, 0.3) is 0 Å². The van der Waals surface area contributed by atoms with Crippen LogP contribution in [0.1, 0.15) is 83.5 Å². The van der Waals surface area contributed by atoms with Crippen LogP contribution in [0.3, 0.4) is 0 Å². The van der Waals surface area contributed by atoms with Crippen LogP contribution < -0.4 is 10.6 Å². The number of hydrogen-bond acceptors (Lipinski definition) is 2. The molecule has 2 unspecified atom stereocenters. The van der Waals surface area contributed by atoms with Gasteiger partial charge in [-0.05, 0) is 62.6 Å². The zero-order chi connectivity index (χ0) is 18.2. The van der Waals surface area contributed by atoms with E-state index in [1.807, 2.05) is 0 Å². The molecule has 0 bridgehead atoms. The fourth-order valence-electron chi connectivity index (χ4n) is 5.07. The summed E-state index contributed by atoms with van der Waals surface area (Å²) in [4.78, 5) is 14.6. The molecule has 5 heteroatoms. The van der Waals surface area contributed by atoms with E-state index in [1.54, 1.807) is 0 Å². The number of unbranched alkanes of at least 4 members (excludes halogenated alkanes) is 1. The summed E-state index contributed by atoms with van der Waals surface area (Å²) in [7, 11) is 0. The van der Waals surface area contributed by atoms with E-state index in [9.17, 15) is 4.79 Å². The van der Waals surface area contributed by atoms with Gasteiger partial charge < -0.3 is 15.5 Å². The van der Waals surface area contributed by atoms with Crippen molar-refractivity contribution in [2.24, 2.45) is 11.8 Å². The maximum atomic E-state index is 12.5. The smallest absolute Gasteiger partial charge is 0.222 e. The van der Waals surface area contributed by atoms with Crippen molar-refractivity contribution in [3.8, 4) is 0 Å². The Morgan fingerprint density at radius 2 is 1.65 bits per heavy atom. The number of nitrogens with zero attached hydrogens (tertiary/aromatic N) is 1. The molecule has 4 nitrogen and oxygen atoms in total. The second-order valence-electron chi connectivity index (χ2n) is 8.63. The molecule has 2 atom stereocenters. The molecule has 0 aromatic carbocycles. The number of fused-ring (bicyclic) bond motifs is 1.